The second-order valence-corrected chi connectivity index (χ2v) is 5.99. The van der Waals surface area contributed by atoms with Gasteiger partial charge in [-0.15, -0.1) is 5.10 Å². The lowest BCUT2D eigenvalue weighted by Gasteiger charge is -2.23. The van der Waals surface area contributed by atoms with Crippen LogP contribution in [0.5, 0.6) is 0 Å². The van der Waals surface area contributed by atoms with Crippen LogP contribution < -0.4 is 10.0 Å². The Morgan fingerprint density at radius 3 is 2.57 bits per heavy atom. The third-order valence-corrected chi connectivity index (χ3v) is 3.86. The van der Waals surface area contributed by atoms with E-state index >= 15 is 0 Å². The number of morpholine rings is 1. The lowest BCUT2D eigenvalue weighted by molar-refractivity contribution is -0.905. The fourth-order valence-corrected chi connectivity index (χ4v) is 2.68. The van der Waals surface area contributed by atoms with E-state index in [1.54, 1.807) is 16.7 Å². The maximum atomic E-state index is 9.61. The molecule has 0 amide bonds. The van der Waals surface area contributed by atoms with Crippen LogP contribution in [0.15, 0.2) is 5.16 Å². The molecule has 1 aromatic rings. The molecule has 23 heavy (non-hydrogen) atoms. The largest absolute Gasteiger partial charge is 0.550 e. The van der Waals surface area contributed by atoms with Gasteiger partial charge in [-0.05, 0) is 13.3 Å². The molecule has 130 valence electrons. The molecule has 1 saturated heterocycles. The summed E-state index contributed by atoms with van der Waals surface area (Å²) in [6.45, 7) is 7.16. The van der Waals surface area contributed by atoms with E-state index in [0.717, 1.165) is 43.0 Å². The number of hydrogen-bond donors (Lipinski definition) is 3. The highest BCUT2D eigenvalue weighted by Gasteiger charge is 2.13. The topological polar surface area (TPSA) is 133 Å². The molecule has 1 aromatic heterocycles. The molecule has 1 fully saturated rings. The Bertz CT molecular complexity index is 476. The molecule has 0 atom stereocenters. The SMILES string of the molecule is Cc1nc(SCC[NH+]2CCOCC2)n[nH]1.O=C([O-])CCC(=O)O. The number of nitrogens with one attached hydrogen (secondary N) is 2. The van der Waals surface area contributed by atoms with E-state index in [2.05, 4.69) is 15.2 Å². The Morgan fingerprint density at radius 1 is 1.39 bits per heavy atom. The smallest absolute Gasteiger partial charge is 0.303 e. The van der Waals surface area contributed by atoms with Gasteiger partial charge in [0, 0.05) is 5.97 Å². The van der Waals surface area contributed by atoms with Crippen molar-refractivity contribution in [1.82, 2.24) is 15.2 Å². The molecule has 9 nitrogen and oxygen atoms in total. The normalized spacial score (nSPS) is 14.8. The zero-order valence-electron chi connectivity index (χ0n) is 13.0. The van der Waals surface area contributed by atoms with Gasteiger partial charge in [-0.3, -0.25) is 9.89 Å². The number of aromatic nitrogens is 3. The summed E-state index contributed by atoms with van der Waals surface area (Å²) in [5.41, 5.74) is 0. The highest BCUT2D eigenvalue weighted by Crippen LogP contribution is 2.09. The maximum absolute atomic E-state index is 9.61. The first kappa shape index (κ1) is 19.4. The van der Waals surface area contributed by atoms with Gasteiger partial charge in [0.2, 0.25) is 5.16 Å². The van der Waals surface area contributed by atoms with Crippen LogP contribution in [-0.2, 0) is 14.3 Å². The molecule has 1 aliphatic heterocycles. The second kappa shape index (κ2) is 11.0. The van der Waals surface area contributed by atoms with E-state index in [0.29, 0.717) is 0 Å². The number of hydrogen-bond acceptors (Lipinski definition) is 7. The summed E-state index contributed by atoms with van der Waals surface area (Å²) in [5, 5.41) is 25.2. The van der Waals surface area contributed by atoms with Gasteiger partial charge in [-0.2, -0.15) is 0 Å². The van der Waals surface area contributed by atoms with Crippen LogP contribution in [0.1, 0.15) is 18.7 Å². The molecule has 0 bridgehead atoms. The first-order valence-corrected chi connectivity index (χ1v) is 8.30. The number of ether oxygens (including phenoxy) is 1. The third-order valence-electron chi connectivity index (χ3n) is 3.01. The molecule has 0 radical (unpaired) electrons. The third kappa shape index (κ3) is 9.87. The Balaban J connectivity index is 0.000000284. The molecule has 10 heteroatoms. The fraction of sp³-hybridized carbons (Fsp3) is 0.692. The van der Waals surface area contributed by atoms with Gasteiger partial charge in [0.1, 0.15) is 18.9 Å². The zero-order chi connectivity index (χ0) is 17.1. The van der Waals surface area contributed by atoms with Gasteiger partial charge in [0.15, 0.2) is 0 Å². The predicted octanol–water partition coefficient (Wildman–Crippen LogP) is -2.28. The number of aromatic amines is 1. The van der Waals surface area contributed by atoms with Crippen molar-refractivity contribution in [3.05, 3.63) is 5.82 Å². The maximum Gasteiger partial charge on any atom is 0.303 e. The van der Waals surface area contributed by atoms with E-state index in [9.17, 15) is 14.7 Å². The highest BCUT2D eigenvalue weighted by molar-refractivity contribution is 7.99. The Morgan fingerprint density at radius 2 is 2.09 bits per heavy atom. The van der Waals surface area contributed by atoms with Crippen LogP contribution in [0, 0.1) is 6.92 Å². The van der Waals surface area contributed by atoms with Gasteiger partial charge in [-0.1, -0.05) is 11.8 Å². The summed E-state index contributed by atoms with van der Waals surface area (Å²) in [4.78, 5) is 25.0. The van der Waals surface area contributed by atoms with Crippen molar-refractivity contribution < 1.29 is 29.4 Å². The van der Waals surface area contributed by atoms with Crippen LogP contribution in [0.3, 0.4) is 0 Å². The quantitative estimate of drug-likeness (QED) is 0.471. The minimum Gasteiger partial charge on any atom is -0.550 e. The number of H-pyrrole nitrogens is 1. The van der Waals surface area contributed by atoms with Crippen LogP contribution in [0.4, 0.5) is 0 Å². The first-order chi connectivity index (χ1) is 11.0. The molecule has 0 aromatic carbocycles. The van der Waals surface area contributed by atoms with Crippen molar-refractivity contribution in [3.8, 4) is 0 Å². The number of aliphatic carboxylic acids is 2. The monoisotopic (exact) mass is 346 g/mol. The fourth-order valence-electron chi connectivity index (χ4n) is 1.79. The van der Waals surface area contributed by atoms with Crippen LogP contribution in [-0.4, -0.2) is 70.8 Å². The summed E-state index contributed by atoms with van der Waals surface area (Å²) in [7, 11) is 0. The molecule has 2 heterocycles. The van der Waals surface area contributed by atoms with Crippen LogP contribution in [0.25, 0.3) is 0 Å². The molecular formula is C13H22N4O5S. The number of carbonyl (C=O) groups is 2. The number of carbonyl (C=O) groups excluding carboxylic acids is 1. The summed E-state index contributed by atoms with van der Waals surface area (Å²) in [5.74, 6) is -0.482. The minimum atomic E-state index is -1.33. The highest BCUT2D eigenvalue weighted by atomic mass is 32.2. The summed E-state index contributed by atoms with van der Waals surface area (Å²) in [6.07, 6.45) is -0.766. The van der Waals surface area contributed by atoms with Gasteiger partial charge >= 0.3 is 5.97 Å². The number of carboxylic acids is 2. The van der Waals surface area contributed by atoms with Gasteiger partial charge < -0.3 is 24.6 Å². The van der Waals surface area contributed by atoms with Crippen molar-refractivity contribution in [1.29, 1.82) is 0 Å². The molecule has 0 spiro atoms. The van der Waals surface area contributed by atoms with E-state index in [4.69, 9.17) is 9.84 Å². The average molecular weight is 346 g/mol. The molecule has 0 unspecified atom stereocenters. The summed E-state index contributed by atoms with van der Waals surface area (Å²) in [6, 6.07) is 0. The van der Waals surface area contributed by atoms with E-state index in [-0.39, 0.29) is 6.42 Å². The number of aryl methyl sites for hydroxylation is 1. The van der Waals surface area contributed by atoms with E-state index in [1.165, 1.54) is 6.54 Å². The molecule has 0 aliphatic carbocycles. The lowest BCUT2D eigenvalue weighted by atomic mass is 10.3. The lowest BCUT2D eigenvalue weighted by Crippen LogP contribution is -3.14. The molecule has 0 saturated carbocycles. The van der Waals surface area contributed by atoms with E-state index in [1.807, 2.05) is 6.92 Å². The number of quaternary nitrogens is 1. The second-order valence-electron chi connectivity index (χ2n) is 4.93. The van der Waals surface area contributed by atoms with Gasteiger partial charge in [0.05, 0.1) is 31.9 Å². The first-order valence-electron chi connectivity index (χ1n) is 7.32. The standard InChI is InChI=1S/C9H16N4OS.C4H6O4/c1-8-10-9(12-11-8)15-7-4-13-2-5-14-6-3-13;5-3(6)1-2-4(7)8/h2-7H2,1H3,(H,10,11,12);1-2H2,(H,5,6)(H,7,8). The average Bonchev–Trinajstić information content (AvgIpc) is 2.92. The molecule has 2 rings (SSSR count). The van der Waals surface area contributed by atoms with Crippen molar-refractivity contribution in [2.24, 2.45) is 0 Å². The Hall–Kier alpha value is -1.65. The van der Waals surface area contributed by atoms with Gasteiger partial charge in [-0.25, -0.2) is 4.98 Å². The number of thioether (sulfide) groups is 1. The van der Waals surface area contributed by atoms with E-state index < -0.39 is 18.4 Å². The molecule has 3 N–H and O–H groups in total. The number of carboxylic acid groups (broad SMARTS) is 2. The predicted molar refractivity (Wildman–Crippen MR) is 80.1 cm³/mol. The number of nitrogens with zero attached hydrogens (tertiary/aromatic N) is 2. The molecule has 1 aliphatic rings. The van der Waals surface area contributed by atoms with Crippen LogP contribution >= 0.6 is 11.8 Å². The summed E-state index contributed by atoms with van der Waals surface area (Å²) < 4.78 is 5.31. The van der Waals surface area contributed by atoms with Gasteiger partial charge in [0.25, 0.3) is 0 Å². The van der Waals surface area contributed by atoms with Crippen LogP contribution in [0.2, 0.25) is 0 Å². The molecular weight excluding hydrogens is 324 g/mol. The Labute approximate surface area is 138 Å². The van der Waals surface area contributed by atoms with Crippen molar-refractivity contribution >= 4 is 23.7 Å². The van der Waals surface area contributed by atoms with Crippen molar-refractivity contribution in [2.45, 2.75) is 24.9 Å². The number of rotatable bonds is 7. The zero-order valence-corrected chi connectivity index (χ0v) is 13.9. The minimum absolute atomic E-state index is 0.359. The van der Waals surface area contributed by atoms with Crippen molar-refractivity contribution in [3.63, 3.8) is 0 Å². The summed E-state index contributed by atoms with van der Waals surface area (Å²) >= 11 is 1.72. The van der Waals surface area contributed by atoms with Crippen molar-refractivity contribution in [2.75, 3.05) is 38.6 Å². The Kier molecular flexibility index (Phi) is 9.25.